The summed E-state index contributed by atoms with van der Waals surface area (Å²) in [5.41, 5.74) is 6.41. The highest BCUT2D eigenvalue weighted by Gasteiger charge is 2.24. The Morgan fingerprint density at radius 3 is 2.77 bits per heavy atom. The molecule has 2 atom stereocenters. The number of carbonyl (C=O) groups is 2. The molecule has 0 unspecified atom stereocenters. The van der Waals surface area contributed by atoms with E-state index in [0.29, 0.717) is 17.0 Å². The van der Waals surface area contributed by atoms with E-state index in [0.717, 1.165) is 6.42 Å². The molecule has 2 rings (SSSR count). The first kappa shape index (κ1) is 15.7. The number of amides is 2. The first-order chi connectivity index (χ1) is 10.5. The fourth-order valence-corrected chi connectivity index (χ4v) is 2.05. The van der Waals surface area contributed by atoms with Crippen LogP contribution in [0.2, 0.25) is 0 Å². The minimum Gasteiger partial charge on any atom is -0.368 e. The molecule has 1 aromatic heterocycles. The van der Waals surface area contributed by atoms with E-state index in [1.165, 1.54) is 6.39 Å². The predicted molar refractivity (Wildman–Crippen MR) is 79.6 cm³/mol. The van der Waals surface area contributed by atoms with Gasteiger partial charge in [0.1, 0.15) is 6.04 Å². The van der Waals surface area contributed by atoms with Crippen molar-refractivity contribution in [2.45, 2.75) is 26.3 Å². The van der Waals surface area contributed by atoms with Gasteiger partial charge < -0.3 is 15.6 Å². The zero-order chi connectivity index (χ0) is 16.1. The fourth-order valence-electron chi connectivity index (χ4n) is 2.05. The van der Waals surface area contributed by atoms with Gasteiger partial charge in [-0.2, -0.15) is 4.98 Å². The second-order valence-corrected chi connectivity index (χ2v) is 5.07. The van der Waals surface area contributed by atoms with E-state index in [9.17, 15) is 9.59 Å². The monoisotopic (exact) mass is 302 g/mol. The number of primary amides is 1. The summed E-state index contributed by atoms with van der Waals surface area (Å²) in [5.74, 6) is -0.559. The van der Waals surface area contributed by atoms with E-state index in [1.54, 1.807) is 24.3 Å². The van der Waals surface area contributed by atoms with Crippen LogP contribution in [0.1, 0.15) is 30.6 Å². The van der Waals surface area contributed by atoms with Crippen molar-refractivity contribution in [3.8, 4) is 11.4 Å². The molecule has 0 fully saturated rings. The van der Waals surface area contributed by atoms with Gasteiger partial charge in [0.25, 0.3) is 5.91 Å². The maximum Gasteiger partial charge on any atom is 0.251 e. The number of carbonyl (C=O) groups excluding carboxylic acids is 2. The van der Waals surface area contributed by atoms with Gasteiger partial charge in [-0.1, -0.05) is 37.6 Å². The lowest BCUT2D eigenvalue weighted by Crippen LogP contribution is -2.48. The van der Waals surface area contributed by atoms with Crippen LogP contribution in [-0.4, -0.2) is 28.0 Å². The van der Waals surface area contributed by atoms with Gasteiger partial charge >= 0.3 is 0 Å². The maximum absolute atomic E-state index is 12.3. The number of nitrogens with two attached hydrogens (primary N) is 1. The summed E-state index contributed by atoms with van der Waals surface area (Å²) in [6.45, 7) is 3.80. The molecule has 0 saturated heterocycles. The van der Waals surface area contributed by atoms with E-state index in [-0.39, 0.29) is 11.8 Å². The quantitative estimate of drug-likeness (QED) is 0.837. The van der Waals surface area contributed by atoms with Crippen LogP contribution < -0.4 is 11.1 Å². The summed E-state index contributed by atoms with van der Waals surface area (Å²) in [4.78, 5) is 27.7. The van der Waals surface area contributed by atoms with Gasteiger partial charge in [0, 0.05) is 11.1 Å². The van der Waals surface area contributed by atoms with Crippen molar-refractivity contribution in [1.29, 1.82) is 0 Å². The first-order valence-electron chi connectivity index (χ1n) is 7.00. The van der Waals surface area contributed by atoms with E-state index < -0.39 is 11.9 Å². The molecular weight excluding hydrogens is 284 g/mol. The molecule has 2 amide bonds. The van der Waals surface area contributed by atoms with E-state index in [1.807, 2.05) is 13.8 Å². The molecule has 0 aliphatic heterocycles. The van der Waals surface area contributed by atoms with Crippen molar-refractivity contribution < 1.29 is 14.1 Å². The van der Waals surface area contributed by atoms with Gasteiger partial charge in [0.15, 0.2) is 0 Å². The summed E-state index contributed by atoms with van der Waals surface area (Å²) in [5, 5.41) is 6.40. The lowest BCUT2D eigenvalue weighted by Gasteiger charge is -2.21. The zero-order valence-electron chi connectivity index (χ0n) is 12.4. The van der Waals surface area contributed by atoms with Crippen molar-refractivity contribution in [2.24, 2.45) is 11.7 Å². The van der Waals surface area contributed by atoms with Crippen LogP contribution in [0, 0.1) is 5.92 Å². The second kappa shape index (κ2) is 6.84. The highest BCUT2D eigenvalue weighted by Crippen LogP contribution is 2.16. The highest BCUT2D eigenvalue weighted by atomic mass is 16.5. The third-order valence-electron chi connectivity index (χ3n) is 3.55. The van der Waals surface area contributed by atoms with Crippen molar-refractivity contribution in [2.75, 3.05) is 0 Å². The molecule has 116 valence electrons. The predicted octanol–water partition coefficient (Wildman–Crippen LogP) is 1.37. The third kappa shape index (κ3) is 3.49. The number of nitrogens with zero attached hydrogens (tertiary/aromatic N) is 2. The molecule has 2 aromatic rings. The van der Waals surface area contributed by atoms with Crippen LogP contribution >= 0.6 is 0 Å². The van der Waals surface area contributed by atoms with Crippen LogP contribution in [0.15, 0.2) is 35.2 Å². The van der Waals surface area contributed by atoms with Crippen LogP contribution in [0.5, 0.6) is 0 Å². The lowest BCUT2D eigenvalue weighted by atomic mass is 9.98. The third-order valence-corrected chi connectivity index (χ3v) is 3.55. The average molecular weight is 302 g/mol. The summed E-state index contributed by atoms with van der Waals surface area (Å²) < 4.78 is 4.69. The molecular formula is C15H18N4O3. The van der Waals surface area contributed by atoms with Gasteiger partial charge in [-0.15, -0.1) is 0 Å². The van der Waals surface area contributed by atoms with Crippen molar-refractivity contribution in [1.82, 2.24) is 15.5 Å². The van der Waals surface area contributed by atoms with Crippen LogP contribution in [-0.2, 0) is 4.79 Å². The van der Waals surface area contributed by atoms with Crippen LogP contribution in [0.3, 0.4) is 0 Å². The number of aromatic nitrogens is 2. The largest absolute Gasteiger partial charge is 0.368 e. The molecule has 0 radical (unpaired) electrons. The minimum atomic E-state index is -0.702. The second-order valence-electron chi connectivity index (χ2n) is 5.07. The van der Waals surface area contributed by atoms with Gasteiger partial charge in [0.05, 0.1) is 0 Å². The van der Waals surface area contributed by atoms with Gasteiger partial charge in [-0.3, -0.25) is 9.59 Å². The van der Waals surface area contributed by atoms with E-state index in [2.05, 4.69) is 20.0 Å². The average Bonchev–Trinajstić information content (AvgIpc) is 3.06. The van der Waals surface area contributed by atoms with Gasteiger partial charge in [-0.05, 0) is 18.1 Å². The fraction of sp³-hybridized carbons (Fsp3) is 0.333. The van der Waals surface area contributed by atoms with Crippen molar-refractivity contribution in [3.63, 3.8) is 0 Å². The Labute approximate surface area is 127 Å². The van der Waals surface area contributed by atoms with E-state index in [4.69, 9.17) is 5.73 Å². The molecule has 7 heteroatoms. The molecule has 7 nitrogen and oxygen atoms in total. The zero-order valence-corrected chi connectivity index (χ0v) is 12.4. The molecule has 1 heterocycles. The number of hydrogen-bond acceptors (Lipinski definition) is 5. The van der Waals surface area contributed by atoms with Crippen LogP contribution in [0.4, 0.5) is 0 Å². The standard InChI is InChI=1S/C15H18N4O3/c1-3-9(2)12(13(16)20)18-15(21)11-6-4-5-10(7-11)14-17-8-22-19-14/h4-9,12H,3H2,1-2H3,(H2,16,20)(H,18,21)/t9-,12+/m0/s1. The summed E-state index contributed by atoms with van der Waals surface area (Å²) >= 11 is 0. The Hall–Kier alpha value is -2.70. The molecule has 0 aliphatic rings. The molecule has 0 bridgehead atoms. The number of hydrogen-bond donors (Lipinski definition) is 2. The molecule has 0 spiro atoms. The Bertz CT molecular complexity index is 655. The number of benzene rings is 1. The Morgan fingerprint density at radius 1 is 1.41 bits per heavy atom. The maximum atomic E-state index is 12.3. The lowest BCUT2D eigenvalue weighted by molar-refractivity contribution is -0.120. The smallest absolute Gasteiger partial charge is 0.251 e. The minimum absolute atomic E-state index is 0.0400. The summed E-state index contributed by atoms with van der Waals surface area (Å²) in [6.07, 6.45) is 1.95. The molecule has 22 heavy (non-hydrogen) atoms. The van der Waals surface area contributed by atoms with Crippen molar-refractivity contribution >= 4 is 11.8 Å². The summed E-state index contributed by atoms with van der Waals surface area (Å²) in [6, 6.07) is 6.05. The van der Waals surface area contributed by atoms with Gasteiger partial charge in [0.2, 0.25) is 18.1 Å². The Kier molecular flexibility index (Phi) is 4.88. The number of nitrogens with one attached hydrogen (secondary N) is 1. The SMILES string of the molecule is CC[C@H](C)[C@@H](NC(=O)c1cccc(-c2ncon2)c1)C(N)=O. The van der Waals surface area contributed by atoms with E-state index >= 15 is 0 Å². The van der Waals surface area contributed by atoms with Crippen LogP contribution in [0.25, 0.3) is 11.4 Å². The molecule has 3 N–H and O–H groups in total. The number of rotatable bonds is 6. The van der Waals surface area contributed by atoms with Crippen molar-refractivity contribution in [3.05, 3.63) is 36.2 Å². The first-order valence-corrected chi connectivity index (χ1v) is 7.00. The highest BCUT2D eigenvalue weighted by molar-refractivity contribution is 5.98. The Balaban J connectivity index is 2.19. The normalized spacial score (nSPS) is 13.4. The summed E-state index contributed by atoms with van der Waals surface area (Å²) in [7, 11) is 0. The van der Waals surface area contributed by atoms with Gasteiger partial charge in [-0.25, -0.2) is 0 Å². The topological polar surface area (TPSA) is 111 Å². The molecule has 0 aliphatic carbocycles. The molecule has 0 saturated carbocycles. The Morgan fingerprint density at radius 2 is 2.18 bits per heavy atom. The molecule has 1 aromatic carbocycles.